The molecule has 2 heterocycles. The molecule has 7 heteroatoms. The number of aromatic nitrogens is 2. The smallest absolute Gasteiger partial charge is 0.259 e. The van der Waals surface area contributed by atoms with Crippen molar-refractivity contribution in [3.8, 4) is 0 Å². The molecule has 2 N–H and O–H groups in total. The maximum absolute atomic E-state index is 12.5. The number of carbonyl (C=O) groups is 1. The molecule has 1 amide bonds. The van der Waals surface area contributed by atoms with Crippen LogP contribution in [0.4, 0.5) is 0 Å². The van der Waals surface area contributed by atoms with Gasteiger partial charge in [-0.3, -0.25) is 9.59 Å². The molecule has 1 atom stereocenters. The molecular formula is C20H20ClN3O2S. The molecule has 1 aliphatic rings. The van der Waals surface area contributed by atoms with Gasteiger partial charge in [0, 0.05) is 22.7 Å². The van der Waals surface area contributed by atoms with Crippen LogP contribution in [0.15, 0.2) is 29.1 Å². The van der Waals surface area contributed by atoms with E-state index in [0.29, 0.717) is 17.3 Å². The first-order valence-electron chi connectivity index (χ1n) is 9.10. The first kappa shape index (κ1) is 18.2. The number of carbonyl (C=O) groups excluding carboxylic acids is 1. The Morgan fingerprint density at radius 3 is 3.00 bits per heavy atom. The molecule has 5 nitrogen and oxygen atoms in total. The summed E-state index contributed by atoms with van der Waals surface area (Å²) in [6.45, 7) is 1.90. The van der Waals surface area contributed by atoms with E-state index in [1.54, 1.807) is 11.3 Å². The van der Waals surface area contributed by atoms with E-state index in [4.69, 9.17) is 11.6 Å². The fourth-order valence-electron chi connectivity index (χ4n) is 3.61. The molecular weight excluding hydrogens is 382 g/mol. The minimum absolute atomic E-state index is 0.0840. The van der Waals surface area contributed by atoms with E-state index in [9.17, 15) is 9.59 Å². The van der Waals surface area contributed by atoms with Crippen molar-refractivity contribution in [2.45, 2.75) is 45.1 Å². The number of hydrogen-bond acceptors (Lipinski definition) is 4. The third-order valence-electron chi connectivity index (χ3n) is 4.96. The van der Waals surface area contributed by atoms with E-state index in [1.807, 2.05) is 31.2 Å². The summed E-state index contributed by atoms with van der Waals surface area (Å²) in [5.74, 6) is 0.465. The number of nitrogens with one attached hydrogen (secondary N) is 2. The number of fused-ring (bicyclic) bond motifs is 3. The highest BCUT2D eigenvalue weighted by Gasteiger charge is 2.21. The molecule has 2 aromatic heterocycles. The number of nitrogens with zero attached hydrogens (tertiary/aromatic N) is 1. The molecule has 0 radical (unpaired) electrons. The fraction of sp³-hybridized carbons (Fsp3) is 0.350. The molecule has 0 saturated heterocycles. The predicted molar refractivity (Wildman–Crippen MR) is 109 cm³/mol. The Morgan fingerprint density at radius 2 is 2.19 bits per heavy atom. The van der Waals surface area contributed by atoms with Gasteiger partial charge in [-0.2, -0.15) is 0 Å². The molecule has 0 aliphatic heterocycles. The van der Waals surface area contributed by atoms with E-state index in [1.165, 1.54) is 10.4 Å². The zero-order chi connectivity index (χ0) is 19.0. The lowest BCUT2D eigenvalue weighted by Crippen LogP contribution is -2.27. The summed E-state index contributed by atoms with van der Waals surface area (Å²) in [7, 11) is 0. The predicted octanol–water partition coefficient (Wildman–Crippen LogP) is 3.94. The van der Waals surface area contributed by atoms with Crippen molar-refractivity contribution >= 4 is 39.1 Å². The lowest BCUT2D eigenvalue weighted by molar-refractivity contribution is -0.121. The van der Waals surface area contributed by atoms with Gasteiger partial charge in [0.15, 0.2) is 0 Å². The highest BCUT2D eigenvalue weighted by Crippen LogP contribution is 2.34. The zero-order valence-electron chi connectivity index (χ0n) is 15.0. The highest BCUT2D eigenvalue weighted by atomic mass is 35.5. The first-order valence-corrected chi connectivity index (χ1v) is 10.3. The molecule has 4 rings (SSSR count). The molecule has 1 aromatic carbocycles. The second-order valence-corrected chi connectivity index (χ2v) is 8.35. The number of hydrogen-bond donors (Lipinski definition) is 2. The third kappa shape index (κ3) is 3.64. The van der Waals surface area contributed by atoms with Crippen LogP contribution in [0.2, 0.25) is 5.02 Å². The number of aromatic amines is 1. The molecule has 0 spiro atoms. The summed E-state index contributed by atoms with van der Waals surface area (Å²) in [6.07, 6.45) is 3.76. The number of H-pyrrole nitrogens is 1. The maximum Gasteiger partial charge on any atom is 0.259 e. The lowest BCUT2D eigenvalue weighted by Gasteiger charge is -2.15. The monoisotopic (exact) mass is 401 g/mol. The van der Waals surface area contributed by atoms with E-state index in [0.717, 1.165) is 35.0 Å². The Hall–Kier alpha value is -2.18. The van der Waals surface area contributed by atoms with Crippen LogP contribution < -0.4 is 10.9 Å². The number of benzene rings is 1. The van der Waals surface area contributed by atoms with Crippen LogP contribution in [0.3, 0.4) is 0 Å². The Kier molecular flexibility index (Phi) is 5.02. The highest BCUT2D eigenvalue weighted by molar-refractivity contribution is 7.18. The molecule has 0 unspecified atom stereocenters. The van der Waals surface area contributed by atoms with Crippen LogP contribution >= 0.6 is 22.9 Å². The standard InChI is InChI=1S/C20H20ClN3O2S/c1-11(12-5-2-3-7-14(12)21)22-17(25)10-9-16-23-19(26)18-13-6-4-8-15(13)27-20(18)24-16/h2-3,5,7,11H,4,6,8-10H2,1H3,(H,22,25)(H,23,24,26)/t11-/m1/s1. The van der Waals surface area contributed by atoms with Crippen LogP contribution in [-0.2, 0) is 24.1 Å². The molecule has 140 valence electrons. The number of amides is 1. The van der Waals surface area contributed by atoms with Crippen LogP contribution in [0.5, 0.6) is 0 Å². The van der Waals surface area contributed by atoms with E-state index in [2.05, 4.69) is 15.3 Å². The van der Waals surface area contributed by atoms with E-state index in [-0.39, 0.29) is 23.9 Å². The number of thiophene rings is 1. The largest absolute Gasteiger partial charge is 0.350 e. The third-order valence-corrected chi connectivity index (χ3v) is 6.49. The van der Waals surface area contributed by atoms with Gasteiger partial charge in [0.1, 0.15) is 10.7 Å². The second kappa shape index (κ2) is 7.44. The maximum atomic E-state index is 12.5. The van der Waals surface area contributed by atoms with E-state index < -0.39 is 0 Å². The van der Waals surface area contributed by atoms with Gasteiger partial charge in [-0.05, 0) is 43.4 Å². The SMILES string of the molecule is C[C@@H](NC(=O)CCc1nc2sc3c(c2c(=O)[nH]1)CCC3)c1ccccc1Cl. The average molecular weight is 402 g/mol. The van der Waals surface area contributed by atoms with E-state index >= 15 is 0 Å². The van der Waals surface area contributed by atoms with Crippen molar-refractivity contribution in [2.24, 2.45) is 0 Å². The zero-order valence-corrected chi connectivity index (χ0v) is 16.5. The molecule has 0 fully saturated rings. The molecule has 27 heavy (non-hydrogen) atoms. The van der Waals surface area contributed by atoms with Crippen LogP contribution in [0, 0.1) is 0 Å². The summed E-state index contributed by atoms with van der Waals surface area (Å²) in [5, 5.41) is 4.33. The fourth-order valence-corrected chi connectivity index (χ4v) is 5.20. The molecule has 0 bridgehead atoms. The Labute approximate surface area is 165 Å². The quantitative estimate of drug-likeness (QED) is 0.680. The van der Waals surface area contributed by atoms with Gasteiger partial charge < -0.3 is 10.3 Å². The average Bonchev–Trinajstić information content (AvgIpc) is 3.20. The topological polar surface area (TPSA) is 74.8 Å². The lowest BCUT2D eigenvalue weighted by atomic mass is 10.1. The Balaban J connectivity index is 1.43. The van der Waals surface area contributed by atoms with Crippen molar-refractivity contribution in [2.75, 3.05) is 0 Å². The van der Waals surface area contributed by atoms with Crippen molar-refractivity contribution in [3.63, 3.8) is 0 Å². The van der Waals surface area contributed by atoms with Gasteiger partial charge in [-0.25, -0.2) is 4.98 Å². The van der Waals surface area contributed by atoms with Gasteiger partial charge >= 0.3 is 0 Å². The van der Waals surface area contributed by atoms with Crippen LogP contribution in [0.1, 0.15) is 47.6 Å². The van der Waals surface area contributed by atoms with Crippen molar-refractivity contribution in [1.82, 2.24) is 15.3 Å². The number of halogens is 1. The minimum atomic E-state index is -0.180. The first-order chi connectivity index (χ1) is 13.0. The molecule has 1 aliphatic carbocycles. The number of aryl methyl sites for hydroxylation is 3. The van der Waals surface area contributed by atoms with Crippen molar-refractivity contribution in [3.05, 3.63) is 61.5 Å². The van der Waals surface area contributed by atoms with Gasteiger partial charge in [-0.1, -0.05) is 29.8 Å². The summed E-state index contributed by atoms with van der Waals surface area (Å²) >= 11 is 7.79. The Morgan fingerprint density at radius 1 is 1.37 bits per heavy atom. The summed E-state index contributed by atoms with van der Waals surface area (Å²) in [6, 6.07) is 7.28. The molecule has 3 aromatic rings. The van der Waals surface area contributed by atoms with Gasteiger partial charge in [0.25, 0.3) is 5.56 Å². The van der Waals surface area contributed by atoms with Gasteiger partial charge in [0.2, 0.25) is 5.91 Å². The molecule has 0 saturated carbocycles. The summed E-state index contributed by atoms with van der Waals surface area (Å²) in [4.78, 5) is 34.3. The number of rotatable bonds is 5. The van der Waals surface area contributed by atoms with Gasteiger partial charge in [-0.15, -0.1) is 11.3 Å². The van der Waals surface area contributed by atoms with Crippen LogP contribution in [-0.4, -0.2) is 15.9 Å². The van der Waals surface area contributed by atoms with Crippen LogP contribution in [0.25, 0.3) is 10.2 Å². The second-order valence-electron chi connectivity index (χ2n) is 6.86. The summed E-state index contributed by atoms with van der Waals surface area (Å²) in [5.41, 5.74) is 1.97. The van der Waals surface area contributed by atoms with Crippen molar-refractivity contribution in [1.29, 1.82) is 0 Å². The van der Waals surface area contributed by atoms with Gasteiger partial charge in [0.05, 0.1) is 11.4 Å². The Bertz CT molecular complexity index is 1070. The summed E-state index contributed by atoms with van der Waals surface area (Å²) < 4.78 is 0. The van der Waals surface area contributed by atoms with Crippen molar-refractivity contribution < 1.29 is 4.79 Å². The normalized spacial score (nSPS) is 14.3. The minimum Gasteiger partial charge on any atom is -0.350 e.